The van der Waals surface area contributed by atoms with Crippen LogP contribution in [0.1, 0.15) is 0 Å². The molecule has 2 heterocycles. The lowest BCUT2D eigenvalue weighted by Gasteiger charge is -2.13. The van der Waals surface area contributed by atoms with Crippen LogP contribution in [0.15, 0.2) is 85.2 Å². The van der Waals surface area contributed by atoms with Gasteiger partial charge in [0.1, 0.15) is 23.9 Å². The van der Waals surface area contributed by atoms with Gasteiger partial charge in [0, 0.05) is 29.8 Å². The summed E-state index contributed by atoms with van der Waals surface area (Å²) in [6, 6.07) is 19.9. The zero-order chi connectivity index (χ0) is 22.5. The molecule has 0 bridgehead atoms. The summed E-state index contributed by atoms with van der Waals surface area (Å²) >= 11 is 0. The largest absolute Gasteiger partial charge is 0.439 e. The monoisotopic (exact) mass is 430 g/mol. The van der Waals surface area contributed by atoms with Gasteiger partial charge in [-0.15, -0.1) is 0 Å². The van der Waals surface area contributed by atoms with Crippen LogP contribution in [0.25, 0.3) is 11.1 Å². The molecule has 2 aromatic heterocycles. The van der Waals surface area contributed by atoms with Crippen LogP contribution in [0, 0.1) is 20.2 Å². The summed E-state index contributed by atoms with van der Waals surface area (Å²) in [5, 5.41) is 21.6. The Bertz CT molecular complexity index is 1260. The van der Waals surface area contributed by atoms with Crippen molar-refractivity contribution < 1.29 is 19.3 Å². The van der Waals surface area contributed by atoms with Crippen molar-refractivity contribution in [1.29, 1.82) is 0 Å². The summed E-state index contributed by atoms with van der Waals surface area (Å²) in [4.78, 5) is 28.5. The lowest BCUT2D eigenvalue weighted by atomic mass is 10.0. The predicted octanol–water partition coefficient (Wildman–Crippen LogP) is 5.54. The minimum absolute atomic E-state index is 0.137. The zero-order valence-electron chi connectivity index (χ0n) is 16.3. The molecule has 0 aliphatic rings. The SMILES string of the molecule is O=[N+]([O-])c1ccc(Oc2ccc(Oc3ccc([N+](=O)[O-])cn3)c(-c3ccccc3)c2)nc1. The topological polar surface area (TPSA) is 131 Å². The highest BCUT2D eigenvalue weighted by Gasteiger charge is 2.13. The molecular weight excluding hydrogens is 416 g/mol. The molecule has 0 fully saturated rings. The third-order valence-electron chi connectivity index (χ3n) is 4.34. The van der Waals surface area contributed by atoms with Crippen molar-refractivity contribution in [3.05, 3.63) is 105 Å². The van der Waals surface area contributed by atoms with E-state index in [1.165, 1.54) is 24.3 Å². The Hall–Kier alpha value is -4.86. The average Bonchev–Trinajstić information content (AvgIpc) is 2.81. The van der Waals surface area contributed by atoms with Gasteiger partial charge < -0.3 is 9.47 Å². The summed E-state index contributed by atoms with van der Waals surface area (Å²) in [6.45, 7) is 0. The number of nitro groups is 2. The molecule has 0 saturated carbocycles. The minimum Gasteiger partial charge on any atom is -0.439 e. The fourth-order valence-electron chi connectivity index (χ4n) is 2.82. The first-order chi connectivity index (χ1) is 15.5. The summed E-state index contributed by atoms with van der Waals surface area (Å²) in [6.07, 6.45) is 2.24. The van der Waals surface area contributed by atoms with Gasteiger partial charge in [0.15, 0.2) is 0 Å². The van der Waals surface area contributed by atoms with E-state index < -0.39 is 9.85 Å². The third kappa shape index (κ3) is 4.65. The van der Waals surface area contributed by atoms with Gasteiger partial charge >= 0.3 is 0 Å². The Balaban J connectivity index is 1.64. The number of aromatic nitrogens is 2. The van der Waals surface area contributed by atoms with Gasteiger partial charge in [-0.1, -0.05) is 30.3 Å². The van der Waals surface area contributed by atoms with Gasteiger partial charge in [-0.2, -0.15) is 0 Å². The number of benzene rings is 2. The molecule has 0 radical (unpaired) electrons. The second-order valence-electron chi connectivity index (χ2n) is 6.45. The minimum atomic E-state index is -0.539. The maximum Gasteiger partial charge on any atom is 0.287 e. The van der Waals surface area contributed by atoms with E-state index >= 15 is 0 Å². The number of nitrogens with zero attached hydrogens (tertiary/aromatic N) is 4. The van der Waals surface area contributed by atoms with Gasteiger partial charge in [0.05, 0.1) is 9.85 Å². The van der Waals surface area contributed by atoms with E-state index in [4.69, 9.17) is 9.47 Å². The molecule has 0 atom stereocenters. The number of pyridine rings is 2. The summed E-state index contributed by atoms with van der Waals surface area (Å²) < 4.78 is 11.6. The van der Waals surface area contributed by atoms with E-state index in [-0.39, 0.29) is 23.1 Å². The van der Waals surface area contributed by atoms with Crippen LogP contribution in [-0.4, -0.2) is 19.8 Å². The Kier molecular flexibility index (Phi) is 5.66. The summed E-state index contributed by atoms with van der Waals surface area (Å²) in [5.41, 5.74) is 1.25. The molecule has 0 spiro atoms. The molecule has 158 valence electrons. The average molecular weight is 430 g/mol. The van der Waals surface area contributed by atoms with E-state index in [1.807, 2.05) is 30.3 Å². The van der Waals surface area contributed by atoms with Crippen molar-refractivity contribution in [2.24, 2.45) is 0 Å². The molecule has 0 amide bonds. The Labute approximate surface area is 181 Å². The van der Waals surface area contributed by atoms with Crippen LogP contribution in [-0.2, 0) is 0 Å². The van der Waals surface area contributed by atoms with Crippen LogP contribution in [0.4, 0.5) is 11.4 Å². The molecule has 0 N–H and O–H groups in total. The van der Waals surface area contributed by atoms with Crippen molar-refractivity contribution in [2.75, 3.05) is 0 Å². The third-order valence-corrected chi connectivity index (χ3v) is 4.34. The molecule has 4 rings (SSSR count). The molecule has 4 aromatic rings. The molecule has 10 heteroatoms. The van der Waals surface area contributed by atoms with Gasteiger partial charge in [0.25, 0.3) is 11.4 Å². The predicted molar refractivity (Wildman–Crippen MR) is 114 cm³/mol. The second-order valence-corrected chi connectivity index (χ2v) is 6.45. The first kappa shape index (κ1) is 20.4. The molecule has 0 unspecified atom stereocenters. The highest BCUT2D eigenvalue weighted by atomic mass is 16.6. The van der Waals surface area contributed by atoms with Crippen molar-refractivity contribution in [3.63, 3.8) is 0 Å². The smallest absolute Gasteiger partial charge is 0.287 e. The van der Waals surface area contributed by atoms with E-state index in [9.17, 15) is 20.2 Å². The highest BCUT2D eigenvalue weighted by Crippen LogP contribution is 2.37. The number of rotatable bonds is 7. The van der Waals surface area contributed by atoms with Crippen LogP contribution in [0.5, 0.6) is 23.3 Å². The van der Waals surface area contributed by atoms with Gasteiger partial charge in [-0.05, 0) is 23.8 Å². The number of ether oxygens (including phenoxy) is 2. The number of hydrogen-bond acceptors (Lipinski definition) is 8. The van der Waals surface area contributed by atoms with Crippen molar-refractivity contribution in [2.45, 2.75) is 0 Å². The van der Waals surface area contributed by atoms with E-state index in [2.05, 4.69) is 9.97 Å². The summed E-state index contributed by atoms with van der Waals surface area (Å²) in [5.74, 6) is 1.29. The second kappa shape index (κ2) is 8.88. The van der Waals surface area contributed by atoms with Crippen molar-refractivity contribution >= 4 is 11.4 Å². The molecule has 2 aromatic carbocycles. The zero-order valence-corrected chi connectivity index (χ0v) is 16.3. The normalized spacial score (nSPS) is 10.4. The Morgan fingerprint density at radius 1 is 0.688 bits per heavy atom. The van der Waals surface area contributed by atoms with E-state index in [0.717, 1.165) is 18.0 Å². The van der Waals surface area contributed by atoms with Crippen LogP contribution < -0.4 is 9.47 Å². The molecule has 0 saturated heterocycles. The summed E-state index contributed by atoms with van der Waals surface area (Å²) in [7, 11) is 0. The van der Waals surface area contributed by atoms with Crippen LogP contribution in [0.2, 0.25) is 0 Å². The lowest BCUT2D eigenvalue weighted by Crippen LogP contribution is -1.95. The van der Waals surface area contributed by atoms with E-state index in [1.54, 1.807) is 18.2 Å². The standard InChI is InChI=1S/C22H14N4O6/c27-25(28)16-6-10-21(23-13-16)31-18-8-9-20(19(12-18)15-4-2-1-3-5-15)32-22-11-7-17(14-24-22)26(29)30/h1-14H. The first-order valence-electron chi connectivity index (χ1n) is 9.26. The fraction of sp³-hybridized carbons (Fsp3) is 0. The lowest BCUT2D eigenvalue weighted by molar-refractivity contribution is -0.385. The molecule has 0 aliphatic carbocycles. The van der Waals surface area contributed by atoms with Crippen molar-refractivity contribution in [1.82, 2.24) is 9.97 Å². The van der Waals surface area contributed by atoms with Crippen LogP contribution >= 0.6 is 0 Å². The van der Waals surface area contributed by atoms with Crippen molar-refractivity contribution in [3.8, 4) is 34.4 Å². The quantitative estimate of drug-likeness (QED) is 0.276. The highest BCUT2D eigenvalue weighted by molar-refractivity contribution is 5.72. The number of hydrogen-bond donors (Lipinski definition) is 0. The molecule has 0 aliphatic heterocycles. The first-order valence-corrected chi connectivity index (χ1v) is 9.26. The van der Waals surface area contributed by atoms with Gasteiger partial charge in [-0.25, -0.2) is 9.97 Å². The van der Waals surface area contributed by atoms with Crippen LogP contribution in [0.3, 0.4) is 0 Å². The van der Waals surface area contributed by atoms with E-state index in [0.29, 0.717) is 17.1 Å². The molecule has 10 nitrogen and oxygen atoms in total. The van der Waals surface area contributed by atoms with Gasteiger partial charge in [0.2, 0.25) is 11.8 Å². The Morgan fingerprint density at radius 3 is 1.81 bits per heavy atom. The maximum absolute atomic E-state index is 10.8. The Morgan fingerprint density at radius 2 is 1.28 bits per heavy atom. The molecular formula is C22H14N4O6. The molecule has 32 heavy (non-hydrogen) atoms. The maximum atomic E-state index is 10.8. The fourth-order valence-corrected chi connectivity index (χ4v) is 2.82. The van der Waals surface area contributed by atoms with Gasteiger partial charge in [-0.3, -0.25) is 20.2 Å².